The lowest BCUT2D eigenvalue weighted by Gasteiger charge is -2.06. The summed E-state index contributed by atoms with van der Waals surface area (Å²) >= 11 is 0.965. The van der Waals surface area contributed by atoms with Crippen LogP contribution in [0, 0.1) is 6.92 Å². The van der Waals surface area contributed by atoms with Gasteiger partial charge in [0.25, 0.3) is 0 Å². The number of aryl methyl sites for hydroxylation is 1. The predicted molar refractivity (Wildman–Crippen MR) is 76.7 cm³/mol. The molecule has 86 valence electrons. The predicted octanol–water partition coefficient (Wildman–Crippen LogP) is 4.63. The van der Waals surface area contributed by atoms with E-state index in [0.717, 1.165) is 28.0 Å². The lowest BCUT2D eigenvalue weighted by atomic mass is 10.0. The molecule has 0 aliphatic carbocycles. The summed E-state index contributed by atoms with van der Waals surface area (Å²) in [5.74, 6) is 0. The lowest BCUT2D eigenvalue weighted by Crippen LogP contribution is -2.02. The molecule has 17 heavy (non-hydrogen) atoms. The lowest BCUT2D eigenvalue weighted by molar-refractivity contribution is 1.45. The molecule has 0 radical (unpaired) electrons. The van der Waals surface area contributed by atoms with Crippen LogP contribution in [0.2, 0.25) is 0 Å². The first-order valence-corrected chi connectivity index (χ1v) is 6.89. The fourth-order valence-electron chi connectivity index (χ4n) is 1.69. The van der Waals surface area contributed by atoms with Crippen LogP contribution < -0.4 is 0 Å². The van der Waals surface area contributed by atoms with E-state index in [2.05, 4.69) is 23.5 Å². The molecule has 0 saturated carbocycles. The van der Waals surface area contributed by atoms with Gasteiger partial charge in [0.05, 0.1) is 16.9 Å². The van der Waals surface area contributed by atoms with Crippen molar-refractivity contribution in [2.24, 2.45) is 4.40 Å². The summed E-state index contributed by atoms with van der Waals surface area (Å²) in [6, 6.07) is 18.3. The summed E-state index contributed by atoms with van der Waals surface area (Å²) in [6.45, 7) is 2.07. The van der Waals surface area contributed by atoms with Gasteiger partial charge in [-0.2, -0.15) is 4.40 Å². The standard InChI is InChI=1S/C14H12ClNS/c1-11-6-5-9-13(10-11)14(16-17-15)12-7-3-2-4-8-12/h2-10H,1H3/b16-14+. The first kappa shape index (κ1) is 12.2. The Morgan fingerprint density at radius 1 is 1.00 bits per heavy atom. The van der Waals surface area contributed by atoms with Crippen LogP contribution in [0.25, 0.3) is 0 Å². The van der Waals surface area contributed by atoms with Crippen LogP contribution in [0.3, 0.4) is 0 Å². The van der Waals surface area contributed by atoms with Crippen LogP contribution >= 0.6 is 21.8 Å². The van der Waals surface area contributed by atoms with Crippen molar-refractivity contribution in [2.75, 3.05) is 0 Å². The summed E-state index contributed by atoms with van der Waals surface area (Å²) in [6.07, 6.45) is 0. The Balaban J connectivity index is 2.47. The van der Waals surface area contributed by atoms with E-state index in [4.69, 9.17) is 10.7 Å². The van der Waals surface area contributed by atoms with E-state index in [1.54, 1.807) is 0 Å². The summed E-state index contributed by atoms with van der Waals surface area (Å²) < 4.78 is 4.30. The SMILES string of the molecule is Cc1cccc(/C(=N/SCl)c2ccccc2)c1. The fourth-order valence-corrected chi connectivity index (χ4v) is 2.18. The molecule has 2 aromatic carbocycles. The molecule has 3 heteroatoms. The van der Waals surface area contributed by atoms with Gasteiger partial charge in [-0.1, -0.05) is 54.1 Å². The van der Waals surface area contributed by atoms with Crippen molar-refractivity contribution in [3.8, 4) is 0 Å². The molecule has 0 saturated heterocycles. The van der Waals surface area contributed by atoms with Crippen LogP contribution in [-0.4, -0.2) is 5.71 Å². The molecule has 2 rings (SSSR count). The highest BCUT2D eigenvalue weighted by Gasteiger charge is 2.06. The molecule has 0 fully saturated rings. The minimum Gasteiger partial charge on any atom is -0.199 e. The molecule has 1 nitrogen and oxygen atoms in total. The Kier molecular flexibility index (Phi) is 4.24. The average Bonchev–Trinajstić information content (AvgIpc) is 2.37. The van der Waals surface area contributed by atoms with Gasteiger partial charge >= 0.3 is 0 Å². The molecule has 2 aromatic rings. The van der Waals surface area contributed by atoms with Gasteiger partial charge in [0, 0.05) is 11.1 Å². The molecule has 0 unspecified atom stereocenters. The number of hydrogen-bond acceptors (Lipinski definition) is 2. The number of rotatable bonds is 3. The van der Waals surface area contributed by atoms with Crippen molar-refractivity contribution in [3.63, 3.8) is 0 Å². The number of nitrogens with zero attached hydrogens (tertiary/aromatic N) is 1. The van der Waals surface area contributed by atoms with Crippen LogP contribution in [-0.2, 0) is 0 Å². The summed E-state index contributed by atoms with van der Waals surface area (Å²) in [5, 5.41) is 0. The van der Waals surface area contributed by atoms with Gasteiger partial charge in [-0.25, -0.2) is 0 Å². The van der Waals surface area contributed by atoms with Gasteiger partial charge in [0.1, 0.15) is 0 Å². The zero-order chi connectivity index (χ0) is 12.1. The minimum absolute atomic E-state index is 0.911. The van der Waals surface area contributed by atoms with E-state index < -0.39 is 0 Å². The normalized spacial score (nSPS) is 11.5. The van der Waals surface area contributed by atoms with Crippen molar-refractivity contribution < 1.29 is 0 Å². The average molecular weight is 262 g/mol. The van der Waals surface area contributed by atoms with Gasteiger partial charge in [-0.15, -0.1) is 0 Å². The number of benzene rings is 2. The van der Waals surface area contributed by atoms with E-state index in [9.17, 15) is 0 Å². The van der Waals surface area contributed by atoms with Gasteiger partial charge in [-0.05, 0) is 23.7 Å². The second-order valence-electron chi connectivity index (χ2n) is 3.74. The highest BCUT2D eigenvalue weighted by molar-refractivity contribution is 8.20. The summed E-state index contributed by atoms with van der Waals surface area (Å²) in [5.41, 5.74) is 4.29. The van der Waals surface area contributed by atoms with Crippen molar-refractivity contribution >= 4 is 27.6 Å². The van der Waals surface area contributed by atoms with Crippen molar-refractivity contribution in [1.29, 1.82) is 0 Å². The largest absolute Gasteiger partial charge is 0.199 e. The second-order valence-corrected chi connectivity index (χ2v) is 4.48. The van der Waals surface area contributed by atoms with E-state index in [-0.39, 0.29) is 0 Å². The first-order valence-electron chi connectivity index (χ1n) is 5.29. The maximum absolute atomic E-state index is 5.67. The summed E-state index contributed by atoms with van der Waals surface area (Å²) in [4.78, 5) is 0. The highest BCUT2D eigenvalue weighted by atomic mass is 35.7. The topological polar surface area (TPSA) is 12.4 Å². The van der Waals surface area contributed by atoms with Gasteiger partial charge in [-0.3, -0.25) is 0 Å². The molecule has 0 spiro atoms. The third kappa shape index (κ3) is 3.11. The zero-order valence-corrected chi connectivity index (χ0v) is 11.0. The van der Waals surface area contributed by atoms with E-state index >= 15 is 0 Å². The quantitative estimate of drug-likeness (QED) is 0.579. The van der Waals surface area contributed by atoms with E-state index in [1.807, 2.05) is 42.5 Å². The van der Waals surface area contributed by atoms with Crippen molar-refractivity contribution in [3.05, 3.63) is 71.3 Å². The molecule has 0 heterocycles. The molecule has 0 bridgehead atoms. The third-order valence-corrected chi connectivity index (χ3v) is 2.92. The second kappa shape index (κ2) is 5.89. The first-order chi connectivity index (χ1) is 8.31. The maximum Gasteiger partial charge on any atom is 0.0871 e. The monoisotopic (exact) mass is 261 g/mol. The molecule has 0 aliphatic heterocycles. The highest BCUT2D eigenvalue weighted by Crippen LogP contribution is 2.18. The summed E-state index contributed by atoms with van der Waals surface area (Å²) in [7, 11) is 5.67. The Morgan fingerprint density at radius 3 is 2.35 bits per heavy atom. The molecule has 0 amide bonds. The van der Waals surface area contributed by atoms with E-state index in [0.29, 0.717) is 0 Å². The van der Waals surface area contributed by atoms with Crippen LogP contribution in [0.1, 0.15) is 16.7 Å². The Hall–Kier alpha value is -1.25. The molecular weight excluding hydrogens is 250 g/mol. The Morgan fingerprint density at radius 2 is 1.71 bits per heavy atom. The molecule has 0 aliphatic rings. The van der Waals surface area contributed by atoms with Gasteiger partial charge < -0.3 is 0 Å². The van der Waals surface area contributed by atoms with Gasteiger partial charge in [0.15, 0.2) is 0 Å². The fraction of sp³-hybridized carbons (Fsp3) is 0.0714. The van der Waals surface area contributed by atoms with Gasteiger partial charge in [0.2, 0.25) is 0 Å². The van der Waals surface area contributed by atoms with Crippen LogP contribution in [0.4, 0.5) is 0 Å². The Labute approximate surface area is 110 Å². The minimum atomic E-state index is 0.911. The maximum atomic E-state index is 5.67. The van der Waals surface area contributed by atoms with Crippen LogP contribution in [0.15, 0.2) is 59.0 Å². The molecule has 0 N–H and O–H groups in total. The molecular formula is C14H12ClNS. The Bertz CT molecular complexity index is 523. The number of hydrogen-bond donors (Lipinski definition) is 0. The van der Waals surface area contributed by atoms with Crippen molar-refractivity contribution in [1.82, 2.24) is 0 Å². The van der Waals surface area contributed by atoms with Crippen LogP contribution in [0.5, 0.6) is 0 Å². The molecule has 0 aromatic heterocycles. The zero-order valence-electron chi connectivity index (χ0n) is 9.43. The van der Waals surface area contributed by atoms with E-state index in [1.165, 1.54) is 5.56 Å². The smallest absolute Gasteiger partial charge is 0.0871 e. The van der Waals surface area contributed by atoms with Crippen molar-refractivity contribution in [2.45, 2.75) is 6.92 Å². The third-order valence-electron chi connectivity index (χ3n) is 2.46. The number of halogens is 1. The molecule has 0 atom stereocenters.